The molecule has 4 rings (SSSR count). The Hall–Kier alpha value is -1.60. The Morgan fingerprint density at radius 1 is 1.28 bits per heavy atom. The van der Waals surface area contributed by atoms with Crippen molar-refractivity contribution < 1.29 is 9.53 Å². The minimum Gasteiger partial charge on any atom is -0.370 e. The molecule has 3 fully saturated rings. The number of rotatable bonds is 4. The number of nitrogens with zero attached hydrogens (tertiary/aromatic N) is 4. The van der Waals surface area contributed by atoms with E-state index in [0.717, 1.165) is 70.8 Å². The average molecular weight is 347 g/mol. The predicted octanol–water partition coefficient (Wildman–Crippen LogP) is 1.38. The molecule has 0 bridgehead atoms. The van der Waals surface area contributed by atoms with Gasteiger partial charge in [0, 0.05) is 70.7 Å². The first kappa shape index (κ1) is 16.8. The van der Waals surface area contributed by atoms with Crippen molar-refractivity contribution in [2.75, 3.05) is 39.3 Å². The molecule has 2 amide bonds. The Labute approximate surface area is 149 Å². The molecule has 7 nitrogen and oxygen atoms in total. The topological polar surface area (TPSA) is 62.6 Å². The highest BCUT2D eigenvalue weighted by Crippen LogP contribution is 2.34. The Morgan fingerprint density at radius 3 is 2.84 bits per heavy atom. The minimum atomic E-state index is 0.116. The predicted molar refractivity (Wildman–Crippen MR) is 94.2 cm³/mol. The lowest BCUT2D eigenvalue weighted by Crippen LogP contribution is -2.54. The van der Waals surface area contributed by atoms with E-state index in [4.69, 9.17) is 4.74 Å². The summed E-state index contributed by atoms with van der Waals surface area (Å²) >= 11 is 0. The van der Waals surface area contributed by atoms with Crippen molar-refractivity contribution in [3.05, 3.63) is 18.2 Å². The smallest absolute Gasteiger partial charge is 0.317 e. The third kappa shape index (κ3) is 3.53. The number of piperidine rings is 1. The first-order valence-corrected chi connectivity index (χ1v) is 9.58. The van der Waals surface area contributed by atoms with Gasteiger partial charge in [-0.2, -0.15) is 0 Å². The van der Waals surface area contributed by atoms with E-state index in [1.807, 2.05) is 19.4 Å². The van der Waals surface area contributed by atoms with Crippen molar-refractivity contribution in [1.82, 2.24) is 24.7 Å². The second-order valence-electron chi connectivity index (χ2n) is 7.55. The molecule has 0 spiro atoms. The molecular weight excluding hydrogens is 318 g/mol. The summed E-state index contributed by atoms with van der Waals surface area (Å²) < 4.78 is 8.07. The van der Waals surface area contributed by atoms with Gasteiger partial charge in [0.1, 0.15) is 11.9 Å². The van der Waals surface area contributed by atoms with Crippen LogP contribution in [0.4, 0.5) is 4.79 Å². The molecule has 7 heteroatoms. The molecule has 4 heterocycles. The number of aromatic nitrogens is 2. The van der Waals surface area contributed by atoms with Crippen molar-refractivity contribution in [3.8, 4) is 0 Å². The normalized spacial score (nSPS) is 29.2. The number of likely N-dealkylation sites (tertiary alicyclic amines) is 1. The molecule has 2 atom stereocenters. The van der Waals surface area contributed by atoms with Gasteiger partial charge in [0.15, 0.2) is 0 Å². The van der Waals surface area contributed by atoms with Crippen LogP contribution >= 0.6 is 0 Å². The second kappa shape index (κ2) is 7.33. The molecule has 138 valence electrons. The number of ether oxygens (including phenoxy) is 1. The zero-order valence-electron chi connectivity index (χ0n) is 15.1. The fraction of sp³-hybridized carbons (Fsp3) is 0.778. The number of imidazole rings is 1. The van der Waals surface area contributed by atoms with E-state index in [2.05, 4.69) is 24.7 Å². The number of hydrogen-bond donors (Lipinski definition) is 1. The van der Waals surface area contributed by atoms with Crippen molar-refractivity contribution in [1.29, 1.82) is 0 Å². The van der Waals surface area contributed by atoms with Gasteiger partial charge >= 0.3 is 6.03 Å². The van der Waals surface area contributed by atoms with E-state index < -0.39 is 0 Å². The molecule has 0 aromatic carbocycles. The quantitative estimate of drug-likeness (QED) is 0.894. The lowest BCUT2D eigenvalue weighted by Gasteiger charge is -2.41. The van der Waals surface area contributed by atoms with Gasteiger partial charge < -0.3 is 24.4 Å². The highest BCUT2D eigenvalue weighted by molar-refractivity contribution is 5.75. The second-order valence-corrected chi connectivity index (χ2v) is 7.55. The number of aryl methyl sites for hydroxylation is 1. The molecule has 3 aliphatic rings. The Bertz CT molecular complexity index is 596. The number of amides is 2. The summed E-state index contributed by atoms with van der Waals surface area (Å²) in [6.45, 7) is 5.76. The first-order valence-electron chi connectivity index (χ1n) is 9.58. The molecule has 1 aromatic heterocycles. The van der Waals surface area contributed by atoms with Crippen LogP contribution in [0, 0.1) is 5.92 Å². The first-order chi connectivity index (χ1) is 12.2. The number of hydrogen-bond acceptors (Lipinski definition) is 4. The monoisotopic (exact) mass is 347 g/mol. The average Bonchev–Trinajstić information content (AvgIpc) is 3.24. The number of carbonyl (C=O) groups excluding carboxylic acids is 1. The third-order valence-corrected chi connectivity index (χ3v) is 5.93. The number of nitrogens with one attached hydrogen (secondary N) is 1. The van der Waals surface area contributed by atoms with Gasteiger partial charge in [0.25, 0.3) is 0 Å². The van der Waals surface area contributed by atoms with Crippen LogP contribution in [0.15, 0.2) is 12.4 Å². The zero-order chi connectivity index (χ0) is 17.2. The maximum absolute atomic E-state index is 12.0. The Balaban J connectivity index is 1.31. The van der Waals surface area contributed by atoms with Crippen LogP contribution in [0.25, 0.3) is 0 Å². The molecule has 1 aromatic rings. The van der Waals surface area contributed by atoms with E-state index in [-0.39, 0.29) is 12.1 Å². The van der Waals surface area contributed by atoms with E-state index in [0.29, 0.717) is 12.0 Å². The zero-order valence-corrected chi connectivity index (χ0v) is 15.1. The van der Waals surface area contributed by atoms with Crippen LogP contribution < -0.4 is 5.32 Å². The molecule has 25 heavy (non-hydrogen) atoms. The molecule has 0 unspecified atom stereocenters. The van der Waals surface area contributed by atoms with Crippen molar-refractivity contribution >= 4 is 6.03 Å². The maximum atomic E-state index is 12.0. The van der Waals surface area contributed by atoms with Crippen LogP contribution in [0.1, 0.15) is 37.6 Å². The summed E-state index contributed by atoms with van der Waals surface area (Å²) in [4.78, 5) is 21.1. The molecule has 0 saturated carbocycles. The van der Waals surface area contributed by atoms with E-state index in [9.17, 15) is 4.79 Å². The van der Waals surface area contributed by atoms with Gasteiger partial charge in [-0.15, -0.1) is 0 Å². The van der Waals surface area contributed by atoms with Gasteiger partial charge in [0.2, 0.25) is 0 Å². The fourth-order valence-corrected chi connectivity index (χ4v) is 4.50. The summed E-state index contributed by atoms with van der Waals surface area (Å²) in [5, 5.41) is 2.97. The fourth-order valence-electron chi connectivity index (χ4n) is 4.50. The van der Waals surface area contributed by atoms with Crippen molar-refractivity contribution in [2.24, 2.45) is 13.0 Å². The van der Waals surface area contributed by atoms with Crippen molar-refractivity contribution in [2.45, 2.75) is 37.8 Å². The Morgan fingerprint density at radius 2 is 2.12 bits per heavy atom. The van der Waals surface area contributed by atoms with Gasteiger partial charge in [-0.1, -0.05) is 0 Å². The highest BCUT2D eigenvalue weighted by Gasteiger charge is 2.35. The lowest BCUT2D eigenvalue weighted by molar-refractivity contribution is 0.0585. The van der Waals surface area contributed by atoms with Crippen LogP contribution in [0.3, 0.4) is 0 Å². The maximum Gasteiger partial charge on any atom is 0.317 e. The molecule has 1 N–H and O–H groups in total. The molecule has 3 saturated heterocycles. The number of urea groups is 1. The van der Waals surface area contributed by atoms with Gasteiger partial charge in [-0.3, -0.25) is 0 Å². The van der Waals surface area contributed by atoms with Crippen LogP contribution in [0.2, 0.25) is 0 Å². The summed E-state index contributed by atoms with van der Waals surface area (Å²) in [5.41, 5.74) is 0. The van der Waals surface area contributed by atoms with Gasteiger partial charge in [-0.05, 0) is 25.7 Å². The van der Waals surface area contributed by atoms with E-state index in [1.165, 1.54) is 0 Å². The van der Waals surface area contributed by atoms with E-state index >= 15 is 0 Å². The molecular formula is C18H29N5O2. The molecule has 3 aliphatic heterocycles. The largest absolute Gasteiger partial charge is 0.370 e. The highest BCUT2D eigenvalue weighted by atomic mass is 16.5. The summed E-state index contributed by atoms with van der Waals surface area (Å²) in [6.07, 6.45) is 8.28. The lowest BCUT2D eigenvalue weighted by atomic mass is 9.97. The summed E-state index contributed by atoms with van der Waals surface area (Å²) in [7, 11) is 2.04. The van der Waals surface area contributed by atoms with E-state index in [1.54, 1.807) is 0 Å². The summed E-state index contributed by atoms with van der Waals surface area (Å²) in [5.74, 6) is 1.55. The summed E-state index contributed by atoms with van der Waals surface area (Å²) in [6, 6.07) is 0.533. The van der Waals surface area contributed by atoms with Crippen LogP contribution in [-0.2, 0) is 11.8 Å². The SMILES string of the molecule is Cn1ccnc1[C@@H]1OCC[C@H]1CN1CCC(N2CCCNC2=O)CC1. The molecule has 0 aliphatic carbocycles. The van der Waals surface area contributed by atoms with Gasteiger partial charge in [-0.25, -0.2) is 9.78 Å². The van der Waals surface area contributed by atoms with Gasteiger partial charge in [0.05, 0.1) is 0 Å². The minimum absolute atomic E-state index is 0.116. The Kier molecular flexibility index (Phi) is 4.94. The van der Waals surface area contributed by atoms with Crippen molar-refractivity contribution in [3.63, 3.8) is 0 Å². The number of carbonyl (C=O) groups is 1. The van der Waals surface area contributed by atoms with Crippen LogP contribution in [-0.4, -0.2) is 70.8 Å². The molecule has 0 radical (unpaired) electrons. The third-order valence-electron chi connectivity index (χ3n) is 5.93. The van der Waals surface area contributed by atoms with Crippen LogP contribution in [0.5, 0.6) is 0 Å². The standard InChI is InChI=1S/C18H29N5O2/c1-21-11-7-19-17(21)16-14(5-12-25-16)13-22-9-3-15(4-10-22)23-8-2-6-20-18(23)24/h7,11,14-16H,2-6,8-10,12-13H2,1H3,(H,20,24)/t14-,16+/m0/s1.